The molecule has 2 heteroatoms. The van der Waals surface area contributed by atoms with Gasteiger partial charge in [-0.3, -0.25) is 4.79 Å². The molecule has 0 heterocycles. The summed E-state index contributed by atoms with van der Waals surface area (Å²) in [5, 5.41) is 9.09. The quantitative estimate of drug-likeness (QED) is 0.777. The summed E-state index contributed by atoms with van der Waals surface area (Å²) in [6, 6.07) is 7.86. The summed E-state index contributed by atoms with van der Waals surface area (Å²) < 4.78 is 0. The zero-order valence-corrected chi connectivity index (χ0v) is 10.2. The van der Waals surface area contributed by atoms with Crippen molar-refractivity contribution in [1.82, 2.24) is 0 Å². The van der Waals surface area contributed by atoms with Gasteiger partial charge in [0.1, 0.15) is 5.92 Å². The van der Waals surface area contributed by atoms with Gasteiger partial charge in [0.15, 0.2) is 5.78 Å². The monoisotopic (exact) mass is 215 g/mol. The fourth-order valence-electron chi connectivity index (χ4n) is 1.58. The second-order valence-corrected chi connectivity index (χ2v) is 4.46. The van der Waals surface area contributed by atoms with Crippen LogP contribution in [0.5, 0.6) is 0 Å². The number of ketones is 1. The van der Waals surface area contributed by atoms with Crippen molar-refractivity contribution in [2.75, 3.05) is 0 Å². The molecule has 0 fully saturated rings. The molecule has 0 radical (unpaired) electrons. The normalized spacial score (nSPS) is 12.2. The fourth-order valence-corrected chi connectivity index (χ4v) is 1.58. The number of benzene rings is 1. The molecule has 1 aromatic rings. The van der Waals surface area contributed by atoms with Gasteiger partial charge in [-0.05, 0) is 30.5 Å². The third-order valence-corrected chi connectivity index (χ3v) is 2.85. The Labute approximate surface area is 96.9 Å². The van der Waals surface area contributed by atoms with Crippen LogP contribution in [-0.4, -0.2) is 5.78 Å². The number of Topliss-reactive ketones (excluding diaryl/α,β-unsaturated/α-hetero) is 1. The van der Waals surface area contributed by atoms with Crippen molar-refractivity contribution in [1.29, 1.82) is 5.26 Å². The SMILES string of the molecule is Cc1ccc(C(C#N)C(=O)C(C)C)cc1C. The topological polar surface area (TPSA) is 40.9 Å². The Bertz CT molecular complexity index is 441. The van der Waals surface area contributed by atoms with Crippen LogP contribution in [-0.2, 0) is 4.79 Å². The molecule has 0 aliphatic heterocycles. The maximum Gasteiger partial charge on any atom is 0.156 e. The zero-order chi connectivity index (χ0) is 12.3. The van der Waals surface area contributed by atoms with Crippen molar-refractivity contribution in [3.05, 3.63) is 34.9 Å². The van der Waals surface area contributed by atoms with Crippen LogP contribution < -0.4 is 0 Å². The average molecular weight is 215 g/mol. The van der Waals surface area contributed by atoms with E-state index in [1.807, 2.05) is 45.9 Å². The van der Waals surface area contributed by atoms with Gasteiger partial charge in [-0.1, -0.05) is 32.0 Å². The van der Waals surface area contributed by atoms with E-state index >= 15 is 0 Å². The van der Waals surface area contributed by atoms with E-state index in [2.05, 4.69) is 6.07 Å². The summed E-state index contributed by atoms with van der Waals surface area (Å²) in [7, 11) is 0. The first-order valence-electron chi connectivity index (χ1n) is 5.48. The Balaban J connectivity index is 3.11. The number of carbonyl (C=O) groups is 1. The highest BCUT2D eigenvalue weighted by Gasteiger charge is 2.22. The number of hydrogen-bond donors (Lipinski definition) is 0. The van der Waals surface area contributed by atoms with Gasteiger partial charge in [0, 0.05) is 5.92 Å². The molecule has 1 aromatic carbocycles. The Morgan fingerprint density at radius 1 is 1.25 bits per heavy atom. The maximum atomic E-state index is 11.8. The molecule has 1 atom stereocenters. The minimum absolute atomic E-state index is 0.00856. The summed E-state index contributed by atoms with van der Waals surface area (Å²) in [4.78, 5) is 11.8. The predicted molar refractivity (Wildman–Crippen MR) is 64.1 cm³/mol. The van der Waals surface area contributed by atoms with E-state index in [4.69, 9.17) is 5.26 Å². The van der Waals surface area contributed by atoms with Crippen molar-refractivity contribution in [3.63, 3.8) is 0 Å². The number of nitriles is 1. The van der Waals surface area contributed by atoms with Gasteiger partial charge >= 0.3 is 0 Å². The van der Waals surface area contributed by atoms with Gasteiger partial charge < -0.3 is 0 Å². The Hall–Kier alpha value is -1.62. The highest BCUT2D eigenvalue weighted by molar-refractivity contribution is 5.89. The first-order chi connectivity index (χ1) is 7.47. The van der Waals surface area contributed by atoms with Gasteiger partial charge in [-0.2, -0.15) is 5.26 Å². The summed E-state index contributed by atoms with van der Waals surface area (Å²) >= 11 is 0. The molecule has 0 spiro atoms. The molecule has 0 saturated carbocycles. The molecule has 16 heavy (non-hydrogen) atoms. The number of rotatable bonds is 3. The molecule has 0 aromatic heterocycles. The van der Waals surface area contributed by atoms with E-state index < -0.39 is 5.92 Å². The third kappa shape index (κ3) is 2.49. The van der Waals surface area contributed by atoms with Crippen LogP contribution in [0.25, 0.3) is 0 Å². The lowest BCUT2D eigenvalue weighted by Crippen LogP contribution is -2.16. The smallest absolute Gasteiger partial charge is 0.156 e. The summed E-state index contributed by atoms with van der Waals surface area (Å²) in [5.41, 5.74) is 3.11. The molecule has 0 amide bonds. The largest absolute Gasteiger partial charge is 0.298 e. The average Bonchev–Trinajstić information content (AvgIpc) is 2.24. The minimum Gasteiger partial charge on any atom is -0.298 e. The van der Waals surface area contributed by atoms with E-state index in [0.29, 0.717) is 0 Å². The lowest BCUT2D eigenvalue weighted by atomic mass is 9.88. The van der Waals surface area contributed by atoms with E-state index in [-0.39, 0.29) is 11.7 Å². The standard InChI is InChI=1S/C14H17NO/c1-9(2)14(16)13(8-15)12-6-5-10(3)11(4)7-12/h5-7,9,13H,1-4H3. The van der Waals surface area contributed by atoms with Crippen LogP contribution in [0.3, 0.4) is 0 Å². The summed E-state index contributed by atoms with van der Waals surface area (Å²) in [5.74, 6) is -0.740. The molecule has 1 unspecified atom stereocenters. The minimum atomic E-state index is -0.626. The molecular formula is C14H17NO. The van der Waals surface area contributed by atoms with Crippen LogP contribution in [0.15, 0.2) is 18.2 Å². The molecule has 1 rings (SSSR count). The number of carbonyl (C=O) groups excluding carboxylic acids is 1. The number of hydrogen-bond acceptors (Lipinski definition) is 2. The van der Waals surface area contributed by atoms with Crippen molar-refractivity contribution in [3.8, 4) is 6.07 Å². The highest BCUT2D eigenvalue weighted by Crippen LogP contribution is 2.22. The second kappa shape index (κ2) is 4.94. The highest BCUT2D eigenvalue weighted by atomic mass is 16.1. The molecule has 0 aliphatic carbocycles. The van der Waals surface area contributed by atoms with E-state index in [9.17, 15) is 4.79 Å². The molecule has 0 aliphatic rings. The number of aryl methyl sites for hydroxylation is 2. The van der Waals surface area contributed by atoms with Gasteiger partial charge in [0.05, 0.1) is 6.07 Å². The molecular weight excluding hydrogens is 198 g/mol. The van der Waals surface area contributed by atoms with Crippen molar-refractivity contribution in [2.45, 2.75) is 33.6 Å². The van der Waals surface area contributed by atoms with E-state index in [1.165, 1.54) is 5.56 Å². The van der Waals surface area contributed by atoms with Crippen LogP contribution in [0.1, 0.15) is 36.5 Å². The number of nitrogens with zero attached hydrogens (tertiary/aromatic N) is 1. The lowest BCUT2D eigenvalue weighted by molar-refractivity contribution is -0.122. The first-order valence-corrected chi connectivity index (χ1v) is 5.48. The van der Waals surface area contributed by atoms with Crippen LogP contribution in [0, 0.1) is 31.1 Å². The van der Waals surface area contributed by atoms with Crippen LogP contribution >= 0.6 is 0 Å². The molecule has 0 N–H and O–H groups in total. The summed E-state index contributed by atoms with van der Waals surface area (Å²) in [6.45, 7) is 7.67. The third-order valence-electron chi connectivity index (χ3n) is 2.85. The fraction of sp³-hybridized carbons (Fsp3) is 0.429. The first kappa shape index (κ1) is 12.4. The van der Waals surface area contributed by atoms with E-state index in [1.54, 1.807) is 0 Å². The Morgan fingerprint density at radius 2 is 1.88 bits per heavy atom. The van der Waals surface area contributed by atoms with Gasteiger partial charge in [-0.15, -0.1) is 0 Å². The second-order valence-electron chi connectivity index (χ2n) is 4.46. The van der Waals surface area contributed by atoms with Gasteiger partial charge in [0.25, 0.3) is 0 Å². The van der Waals surface area contributed by atoms with Crippen LogP contribution in [0.2, 0.25) is 0 Å². The summed E-state index contributed by atoms with van der Waals surface area (Å²) in [6.07, 6.45) is 0. The lowest BCUT2D eigenvalue weighted by Gasteiger charge is -2.12. The molecule has 0 bridgehead atoms. The zero-order valence-electron chi connectivity index (χ0n) is 10.2. The van der Waals surface area contributed by atoms with Crippen molar-refractivity contribution >= 4 is 5.78 Å². The maximum absolute atomic E-state index is 11.8. The van der Waals surface area contributed by atoms with Crippen molar-refractivity contribution in [2.24, 2.45) is 5.92 Å². The Morgan fingerprint density at radius 3 is 2.31 bits per heavy atom. The Kier molecular flexibility index (Phi) is 3.84. The molecule has 84 valence electrons. The molecule has 0 saturated heterocycles. The van der Waals surface area contributed by atoms with Gasteiger partial charge in [0.2, 0.25) is 0 Å². The van der Waals surface area contributed by atoms with E-state index in [0.717, 1.165) is 11.1 Å². The van der Waals surface area contributed by atoms with Gasteiger partial charge in [-0.25, -0.2) is 0 Å². The molecule has 2 nitrogen and oxygen atoms in total. The van der Waals surface area contributed by atoms with Crippen LogP contribution in [0.4, 0.5) is 0 Å². The van der Waals surface area contributed by atoms with Crippen molar-refractivity contribution < 1.29 is 4.79 Å². The predicted octanol–water partition coefficient (Wildman–Crippen LogP) is 3.14.